The maximum Gasteiger partial charge on any atom is 0.307 e. The summed E-state index contributed by atoms with van der Waals surface area (Å²) in [5, 5.41) is 22.4. The molecule has 2 N–H and O–H groups in total. The van der Waals surface area contributed by atoms with Crippen LogP contribution in [0, 0.1) is 31.6 Å². The maximum atomic E-state index is 13.0. The molecule has 216 valence electrons. The maximum absolute atomic E-state index is 13.0. The number of carbonyl (C=O) groups excluding carboxylic acids is 1. The van der Waals surface area contributed by atoms with Crippen molar-refractivity contribution in [1.82, 2.24) is 9.88 Å². The Morgan fingerprint density at radius 1 is 1.02 bits per heavy atom. The fourth-order valence-electron chi connectivity index (χ4n) is 6.68. The van der Waals surface area contributed by atoms with Crippen LogP contribution in [-0.4, -0.2) is 64.3 Å². The van der Waals surface area contributed by atoms with Gasteiger partial charge >= 0.3 is 5.97 Å². The van der Waals surface area contributed by atoms with E-state index in [-0.39, 0.29) is 29.8 Å². The zero-order valence-corrected chi connectivity index (χ0v) is 24.4. The molecule has 3 aliphatic rings. The van der Waals surface area contributed by atoms with Crippen molar-refractivity contribution >= 4 is 28.3 Å². The number of aryl methyl sites for hydroxylation is 2. The van der Waals surface area contributed by atoms with E-state index in [2.05, 4.69) is 23.3 Å². The Bertz CT molecular complexity index is 1430. The van der Waals surface area contributed by atoms with Gasteiger partial charge in [-0.15, -0.1) is 11.3 Å². The number of aliphatic carboxylic acids is 1. The van der Waals surface area contributed by atoms with Gasteiger partial charge in [-0.05, 0) is 86.8 Å². The number of aliphatic hydroxyl groups is 1. The monoisotopic (exact) mass is 575 g/mol. The Morgan fingerprint density at radius 3 is 2.44 bits per heavy atom. The first-order chi connectivity index (χ1) is 19.8. The number of hydrogen-bond donors (Lipinski definition) is 2. The minimum atomic E-state index is -0.655. The number of piperidine rings is 2. The minimum absolute atomic E-state index is 0.00724. The number of fused-ring (bicyclic) bond motifs is 2. The third-order valence-electron chi connectivity index (χ3n) is 9.02. The number of anilines is 1. The van der Waals surface area contributed by atoms with Crippen LogP contribution in [0.25, 0.3) is 11.3 Å². The van der Waals surface area contributed by atoms with Crippen molar-refractivity contribution < 1.29 is 24.5 Å². The molecule has 1 aromatic heterocycles. The van der Waals surface area contributed by atoms with Crippen molar-refractivity contribution in [2.24, 2.45) is 17.8 Å². The Balaban J connectivity index is 1.15. The largest absolute Gasteiger partial charge is 0.488 e. The fourth-order valence-corrected chi connectivity index (χ4v) is 7.53. The van der Waals surface area contributed by atoms with E-state index in [4.69, 9.17) is 9.72 Å². The van der Waals surface area contributed by atoms with Crippen LogP contribution in [0.15, 0.2) is 41.8 Å². The van der Waals surface area contributed by atoms with Gasteiger partial charge in [0.2, 0.25) is 0 Å². The zero-order chi connectivity index (χ0) is 28.7. The van der Waals surface area contributed by atoms with Crippen molar-refractivity contribution in [3.05, 3.63) is 64.0 Å². The van der Waals surface area contributed by atoms with Gasteiger partial charge in [-0.1, -0.05) is 17.7 Å². The molecule has 3 atom stereocenters. The highest BCUT2D eigenvalue weighted by molar-refractivity contribution is 7.14. The lowest BCUT2D eigenvalue weighted by Gasteiger charge is -2.35. The van der Waals surface area contributed by atoms with Gasteiger partial charge in [0.15, 0.2) is 5.13 Å². The summed E-state index contributed by atoms with van der Waals surface area (Å²) >= 11 is 1.60. The van der Waals surface area contributed by atoms with Crippen LogP contribution in [0.1, 0.15) is 52.7 Å². The molecule has 6 rings (SSSR count). The summed E-state index contributed by atoms with van der Waals surface area (Å²) in [5.74, 6) is 0.259. The van der Waals surface area contributed by atoms with Gasteiger partial charge in [0.1, 0.15) is 12.4 Å². The summed E-state index contributed by atoms with van der Waals surface area (Å²) in [7, 11) is 0. The molecule has 2 saturated heterocycles. The molecule has 3 fully saturated rings. The average Bonchev–Trinajstić information content (AvgIpc) is 3.55. The molecule has 0 radical (unpaired) electrons. The van der Waals surface area contributed by atoms with Gasteiger partial charge in [0.25, 0.3) is 5.91 Å². The lowest BCUT2D eigenvalue weighted by atomic mass is 9.85. The van der Waals surface area contributed by atoms with Crippen molar-refractivity contribution in [2.45, 2.75) is 52.2 Å². The number of ether oxygens (including phenoxy) is 1. The number of benzene rings is 2. The number of thiazole rings is 1. The third-order valence-corrected chi connectivity index (χ3v) is 9.92. The van der Waals surface area contributed by atoms with Gasteiger partial charge in [-0.25, -0.2) is 4.98 Å². The molecule has 2 aliphatic heterocycles. The number of carbonyl (C=O) groups is 2. The van der Waals surface area contributed by atoms with E-state index in [0.717, 1.165) is 64.8 Å². The van der Waals surface area contributed by atoms with Crippen LogP contribution in [0.5, 0.6) is 5.75 Å². The van der Waals surface area contributed by atoms with Crippen LogP contribution >= 0.6 is 11.3 Å². The minimum Gasteiger partial charge on any atom is -0.488 e. The SMILES string of the molecule is Cc1ccc(OCc2ccc(C(=O)N3CCC(O)CC3)cc2C)c(-c2csc(N3C[C@H]4CC[C@@H](C3)C4C(=O)O)n2)c1. The Hall–Kier alpha value is -3.43. The molecular weight excluding hydrogens is 538 g/mol. The number of aromatic nitrogens is 1. The molecule has 8 nitrogen and oxygen atoms in total. The van der Waals surface area contributed by atoms with E-state index in [0.29, 0.717) is 38.1 Å². The van der Waals surface area contributed by atoms with E-state index < -0.39 is 5.97 Å². The highest BCUT2D eigenvalue weighted by Gasteiger charge is 2.46. The van der Waals surface area contributed by atoms with E-state index in [9.17, 15) is 19.8 Å². The molecule has 1 amide bonds. The van der Waals surface area contributed by atoms with Crippen molar-refractivity contribution in [2.75, 3.05) is 31.1 Å². The Labute approximate surface area is 244 Å². The predicted molar refractivity (Wildman–Crippen MR) is 158 cm³/mol. The topological polar surface area (TPSA) is 103 Å². The zero-order valence-electron chi connectivity index (χ0n) is 23.6. The van der Waals surface area contributed by atoms with Crippen LogP contribution in [-0.2, 0) is 11.4 Å². The molecule has 1 aliphatic carbocycles. The molecule has 2 bridgehead atoms. The summed E-state index contributed by atoms with van der Waals surface area (Å²) in [5.41, 5.74) is 5.59. The van der Waals surface area contributed by atoms with E-state index in [1.807, 2.05) is 42.2 Å². The molecule has 9 heteroatoms. The lowest BCUT2D eigenvalue weighted by molar-refractivity contribution is -0.144. The molecule has 3 heterocycles. The highest BCUT2D eigenvalue weighted by Crippen LogP contribution is 2.44. The smallest absolute Gasteiger partial charge is 0.307 e. The van der Waals surface area contributed by atoms with Gasteiger partial charge < -0.3 is 24.7 Å². The summed E-state index contributed by atoms with van der Waals surface area (Å²) in [6, 6.07) is 11.9. The third kappa shape index (κ3) is 5.70. The molecule has 3 aromatic rings. The number of rotatable bonds is 7. The molecule has 41 heavy (non-hydrogen) atoms. The summed E-state index contributed by atoms with van der Waals surface area (Å²) in [6.07, 6.45) is 2.89. The van der Waals surface area contributed by atoms with Gasteiger partial charge in [0.05, 0.1) is 17.7 Å². The number of likely N-dealkylation sites (tertiary alicyclic amines) is 1. The van der Waals surface area contributed by atoms with Crippen LogP contribution in [0.3, 0.4) is 0 Å². The number of nitrogens with zero attached hydrogens (tertiary/aromatic N) is 3. The first kappa shape index (κ1) is 27.7. The van der Waals surface area contributed by atoms with Crippen molar-refractivity contribution in [1.29, 1.82) is 0 Å². The molecule has 1 saturated carbocycles. The van der Waals surface area contributed by atoms with Crippen LogP contribution in [0.2, 0.25) is 0 Å². The Kier molecular flexibility index (Phi) is 7.74. The van der Waals surface area contributed by atoms with Crippen molar-refractivity contribution in [3.63, 3.8) is 0 Å². The molecular formula is C32H37N3O5S. The lowest BCUT2D eigenvalue weighted by Crippen LogP contribution is -2.44. The molecule has 1 unspecified atom stereocenters. The van der Waals surface area contributed by atoms with E-state index >= 15 is 0 Å². The quantitative estimate of drug-likeness (QED) is 0.402. The van der Waals surface area contributed by atoms with E-state index in [1.165, 1.54) is 0 Å². The second-order valence-corrected chi connectivity index (χ2v) is 12.7. The number of carboxylic acids is 1. The predicted octanol–water partition coefficient (Wildman–Crippen LogP) is 5.15. The van der Waals surface area contributed by atoms with Gasteiger partial charge in [-0.2, -0.15) is 0 Å². The molecule has 0 spiro atoms. The van der Waals surface area contributed by atoms with Gasteiger partial charge in [-0.3, -0.25) is 9.59 Å². The average molecular weight is 576 g/mol. The number of hydrogen-bond acceptors (Lipinski definition) is 7. The summed E-state index contributed by atoms with van der Waals surface area (Å²) in [6.45, 7) is 7.08. The van der Waals surface area contributed by atoms with Crippen LogP contribution < -0.4 is 9.64 Å². The standard InChI is InChI=1S/C32H37N3O5S/c1-19-3-8-28(40-17-24-7-4-21(14-20(24)2)30(37)34-11-9-25(36)10-12-34)26(13-19)27-18-41-32(33-27)35-15-22-5-6-23(16-35)29(22)31(38)39/h3-4,7-8,13-14,18,22-23,25,29,36H,5-6,9-12,15-17H2,1-2H3,(H,38,39)/t22-,23+,29?. The first-order valence-corrected chi connectivity index (χ1v) is 15.4. The van der Waals surface area contributed by atoms with Crippen molar-refractivity contribution in [3.8, 4) is 17.0 Å². The van der Waals surface area contributed by atoms with Gasteiger partial charge in [0, 0.05) is 42.7 Å². The van der Waals surface area contributed by atoms with E-state index in [1.54, 1.807) is 11.3 Å². The number of amides is 1. The highest BCUT2D eigenvalue weighted by atomic mass is 32.1. The normalized spacial score (nSPS) is 22.7. The Morgan fingerprint density at radius 2 is 1.76 bits per heavy atom. The number of carboxylic acid groups (broad SMARTS) is 1. The second-order valence-electron chi connectivity index (χ2n) is 11.8. The molecule has 2 aromatic carbocycles. The number of aliphatic hydroxyl groups excluding tert-OH is 1. The summed E-state index contributed by atoms with van der Waals surface area (Å²) < 4.78 is 6.34. The van der Waals surface area contributed by atoms with Crippen LogP contribution in [0.4, 0.5) is 5.13 Å². The first-order valence-electron chi connectivity index (χ1n) is 14.5. The summed E-state index contributed by atoms with van der Waals surface area (Å²) in [4.78, 5) is 33.8. The fraction of sp³-hybridized carbons (Fsp3) is 0.469. The second kappa shape index (κ2) is 11.4.